The van der Waals surface area contributed by atoms with E-state index in [1.54, 1.807) is 4.90 Å². The highest BCUT2D eigenvalue weighted by Crippen LogP contribution is 2.45. The first kappa shape index (κ1) is 22.0. The quantitative estimate of drug-likeness (QED) is 0.450. The standard InChI is InChI=1S/C25H25FN6O2S/c26-16-6-5-15(24(34)32-8-1-2-9-32)12-18(16)29-25-28-17-7-10-35-21(17)23(31-25)30-20-14-4-3-13(11-14)19(20)22(27)33/h3-7,10,12-14,19-20H,1-2,8-9,11H2,(H2,27,33)(H2,28,29,30,31)/t13-,14+,19+,20-/m1/s1. The molecule has 4 N–H and O–H groups in total. The minimum absolute atomic E-state index is 0.107. The Labute approximate surface area is 205 Å². The van der Waals surface area contributed by atoms with Gasteiger partial charge in [-0.2, -0.15) is 4.98 Å². The Morgan fingerprint density at radius 2 is 1.91 bits per heavy atom. The van der Waals surface area contributed by atoms with Crippen LogP contribution in [-0.4, -0.2) is 45.8 Å². The van der Waals surface area contributed by atoms with Gasteiger partial charge in [-0.15, -0.1) is 11.3 Å². The number of nitrogens with one attached hydrogen (secondary N) is 2. The Bertz CT molecular complexity index is 1350. The first-order valence-electron chi connectivity index (χ1n) is 11.8. The highest BCUT2D eigenvalue weighted by molar-refractivity contribution is 7.17. The fraction of sp³-hybridized carbons (Fsp3) is 0.360. The molecule has 6 rings (SSSR count). The monoisotopic (exact) mass is 492 g/mol. The molecular formula is C25H25FN6O2S. The SMILES string of the molecule is NC(=O)[C@@H]1[C@H](Nc2nc(Nc3cc(C(=O)N4CCCC4)ccc3F)nc3ccsc23)[C@H]2C=C[C@@H]1C2. The second-order valence-electron chi connectivity index (χ2n) is 9.40. The van der Waals surface area contributed by atoms with E-state index in [9.17, 15) is 14.0 Å². The van der Waals surface area contributed by atoms with Crippen molar-refractivity contribution in [2.24, 2.45) is 23.5 Å². The van der Waals surface area contributed by atoms with Gasteiger partial charge in [-0.25, -0.2) is 9.37 Å². The van der Waals surface area contributed by atoms with Gasteiger partial charge in [-0.05, 0) is 60.7 Å². The molecule has 0 unspecified atom stereocenters. The summed E-state index contributed by atoms with van der Waals surface area (Å²) in [7, 11) is 0. The number of thiophene rings is 1. The Kier molecular flexibility index (Phi) is 5.40. The first-order valence-corrected chi connectivity index (χ1v) is 12.7. The minimum atomic E-state index is -0.501. The van der Waals surface area contributed by atoms with E-state index in [1.807, 2.05) is 11.4 Å². The molecule has 1 aromatic carbocycles. The molecule has 1 saturated carbocycles. The molecule has 4 atom stereocenters. The van der Waals surface area contributed by atoms with Crippen LogP contribution in [0.1, 0.15) is 29.6 Å². The van der Waals surface area contributed by atoms with E-state index in [1.165, 1.54) is 29.5 Å². The van der Waals surface area contributed by atoms with Gasteiger partial charge in [0, 0.05) is 24.7 Å². The van der Waals surface area contributed by atoms with Crippen LogP contribution in [0.5, 0.6) is 0 Å². The number of fused-ring (bicyclic) bond motifs is 3. The van der Waals surface area contributed by atoms with Crippen molar-refractivity contribution in [1.29, 1.82) is 0 Å². The summed E-state index contributed by atoms with van der Waals surface area (Å²) < 4.78 is 15.6. The summed E-state index contributed by atoms with van der Waals surface area (Å²) in [6.07, 6.45) is 7.06. The van der Waals surface area contributed by atoms with E-state index < -0.39 is 5.82 Å². The van der Waals surface area contributed by atoms with E-state index in [4.69, 9.17) is 5.73 Å². The Morgan fingerprint density at radius 3 is 2.71 bits per heavy atom. The summed E-state index contributed by atoms with van der Waals surface area (Å²) in [5, 5.41) is 8.33. The van der Waals surface area contributed by atoms with Gasteiger partial charge < -0.3 is 21.3 Å². The van der Waals surface area contributed by atoms with Crippen molar-refractivity contribution in [2.75, 3.05) is 23.7 Å². The number of primary amides is 1. The van der Waals surface area contributed by atoms with Crippen LogP contribution in [0.3, 0.4) is 0 Å². The number of rotatable bonds is 6. The normalized spacial score (nSPS) is 24.9. The molecule has 3 aliphatic rings. The highest BCUT2D eigenvalue weighted by Gasteiger charge is 2.47. The van der Waals surface area contributed by atoms with E-state index in [2.05, 4.69) is 32.8 Å². The van der Waals surface area contributed by atoms with Crippen LogP contribution in [0.2, 0.25) is 0 Å². The number of hydrogen-bond acceptors (Lipinski definition) is 7. The van der Waals surface area contributed by atoms with Crippen molar-refractivity contribution in [3.63, 3.8) is 0 Å². The Morgan fingerprint density at radius 1 is 1.11 bits per heavy atom. The molecule has 0 spiro atoms. The molecule has 8 nitrogen and oxygen atoms in total. The third-order valence-corrected chi connectivity index (χ3v) is 8.16. The van der Waals surface area contributed by atoms with Crippen LogP contribution in [0, 0.1) is 23.6 Å². The summed E-state index contributed by atoms with van der Waals surface area (Å²) >= 11 is 1.49. The summed E-state index contributed by atoms with van der Waals surface area (Å²) in [6.45, 7) is 1.44. The zero-order valence-corrected chi connectivity index (χ0v) is 19.7. The van der Waals surface area contributed by atoms with Crippen molar-refractivity contribution in [2.45, 2.75) is 25.3 Å². The van der Waals surface area contributed by atoms with Crippen molar-refractivity contribution >= 4 is 50.8 Å². The molecule has 2 amide bonds. The van der Waals surface area contributed by atoms with Gasteiger partial charge in [-0.3, -0.25) is 9.59 Å². The lowest BCUT2D eigenvalue weighted by molar-refractivity contribution is -0.122. The predicted molar refractivity (Wildman–Crippen MR) is 133 cm³/mol. The van der Waals surface area contributed by atoms with Gasteiger partial charge in [0.1, 0.15) is 11.6 Å². The maximum Gasteiger partial charge on any atom is 0.253 e. The van der Waals surface area contributed by atoms with Gasteiger partial charge in [0.15, 0.2) is 0 Å². The van der Waals surface area contributed by atoms with E-state index in [0.717, 1.165) is 37.1 Å². The van der Waals surface area contributed by atoms with Crippen LogP contribution >= 0.6 is 11.3 Å². The highest BCUT2D eigenvalue weighted by atomic mass is 32.1. The number of anilines is 3. The molecule has 180 valence electrons. The summed E-state index contributed by atoms with van der Waals surface area (Å²) in [5.74, 6) is -0.120. The van der Waals surface area contributed by atoms with Crippen LogP contribution in [0.25, 0.3) is 10.2 Å². The lowest BCUT2D eigenvalue weighted by atomic mass is 9.88. The van der Waals surface area contributed by atoms with Crippen LogP contribution in [0.15, 0.2) is 41.8 Å². The zero-order valence-electron chi connectivity index (χ0n) is 18.9. The second kappa shape index (κ2) is 8.60. The summed E-state index contributed by atoms with van der Waals surface area (Å²) in [5.41, 5.74) is 6.98. The van der Waals surface area contributed by atoms with Crippen molar-refractivity contribution < 1.29 is 14.0 Å². The topological polar surface area (TPSA) is 113 Å². The Hall–Kier alpha value is -3.53. The zero-order chi connectivity index (χ0) is 24.1. The third kappa shape index (κ3) is 3.91. The lowest BCUT2D eigenvalue weighted by Crippen LogP contribution is -2.41. The maximum atomic E-state index is 14.7. The van der Waals surface area contributed by atoms with Crippen molar-refractivity contribution in [3.05, 3.63) is 53.2 Å². The van der Waals surface area contributed by atoms with Gasteiger partial charge in [0.05, 0.1) is 21.8 Å². The van der Waals surface area contributed by atoms with Gasteiger partial charge in [0.2, 0.25) is 11.9 Å². The number of aromatic nitrogens is 2. The molecule has 2 fully saturated rings. The molecule has 1 saturated heterocycles. The van der Waals surface area contributed by atoms with Crippen LogP contribution in [0.4, 0.5) is 21.8 Å². The second-order valence-corrected chi connectivity index (χ2v) is 10.3. The fourth-order valence-electron chi connectivity index (χ4n) is 5.56. The number of hydrogen-bond donors (Lipinski definition) is 3. The summed E-state index contributed by atoms with van der Waals surface area (Å²) in [6, 6.07) is 6.01. The fourth-order valence-corrected chi connectivity index (χ4v) is 6.34. The molecule has 2 bridgehead atoms. The number of amides is 2. The largest absolute Gasteiger partial charge is 0.369 e. The number of nitrogens with two attached hydrogens (primary N) is 1. The van der Waals surface area contributed by atoms with Crippen molar-refractivity contribution in [3.8, 4) is 0 Å². The molecule has 3 heterocycles. The number of carbonyl (C=O) groups excluding carboxylic acids is 2. The number of benzene rings is 1. The molecule has 35 heavy (non-hydrogen) atoms. The smallest absolute Gasteiger partial charge is 0.253 e. The Balaban J connectivity index is 1.30. The minimum Gasteiger partial charge on any atom is -0.369 e. The number of nitrogens with zero attached hydrogens (tertiary/aromatic N) is 3. The average Bonchev–Trinajstić information content (AvgIpc) is 3.64. The summed E-state index contributed by atoms with van der Waals surface area (Å²) in [4.78, 5) is 35.9. The van der Waals surface area contributed by atoms with Gasteiger partial charge in [0.25, 0.3) is 5.91 Å². The lowest BCUT2D eigenvalue weighted by Gasteiger charge is -2.27. The molecule has 3 aromatic rings. The van der Waals surface area contributed by atoms with Gasteiger partial charge >= 0.3 is 0 Å². The molecule has 0 radical (unpaired) electrons. The molecule has 2 aliphatic carbocycles. The van der Waals surface area contributed by atoms with E-state index >= 15 is 0 Å². The number of halogens is 1. The molecule has 2 aromatic heterocycles. The van der Waals surface area contributed by atoms with Crippen LogP contribution in [-0.2, 0) is 4.79 Å². The van der Waals surface area contributed by atoms with Gasteiger partial charge in [-0.1, -0.05) is 12.2 Å². The predicted octanol–water partition coefficient (Wildman–Crippen LogP) is 3.90. The van der Waals surface area contributed by atoms with Crippen LogP contribution < -0.4 is 16.4 Å². The first-order chi connectivity index (χ1) is 17.0. The number of likely N-dealkylation sites (tertiary alicyclic amines) is 1. The van der Waals surface area contributed by atoms with E-state index in [0.29, 0.717) is 16.9 Å². The number of carbonyl (C=O) groups is 2. The molecule has 1 aliphatic heterocycles. The average molecular weight is 493 g/mol. The third-order valence-electron chi connectivity index (χ3n) is 7.25. The molecule has 10 heteroatoms. The maximum absolute atomic E-state index is 14.7. The van der Waals surface area contributed by atoms with Crippen molar-refractivity contribution in [1.82, 2.24) is 14.9 Å². The van der Waals surface area contributed by atoms with E-state index in [-0.39, 0.29) is 47.2 Å². The number of allylic oxidation sites excluding steroid dienone is 1. The molecular weight excluding hydrogens is 467 g/mol.